The molecule has 2 amide bonds. The summed E-state index contributed by atoms with van der Waals surface area (Å²) in [6.07, 6.45) is 1.15. The van der Waals surface area contributed by atoms with Crippen LogP contribution in [0, 0.1) is 0 Å². The van der Waals surface area contributed by atoms with Gasteiger partial charge in [0.25, 0.3) is 5.91 Å². The second-order valence-corrected chi connectivity index (χ2v) is 6.51. The van der Waals surface area contributed by atoms with Gasteiger partial charge < -0.3 is 14.4 Å². The van der Waals surface area contributed by atoms with Gasteiger partial charge >= 0.3 is 6.09 Å². The minimum absolute atomic E-state index is 0.0448. The molecule has 0 fully saturated rings. The maximum Gasteiger partial charge on any atom is 0.412 e. The van der Waals surface area contributed by atoms with Crippen LogP contribution in [0.2, 0.25) is 0 Å². The molecule has 1 aromatic carbocycles. The van der Waals surface area contributed by atoms with Crippen LogP contribution in [0.1, 0.15) is 32.8 Å². The Morgan fingerprint density at radius 1 is 1.30 bits per heavy atom. The number of fused-ring (bicyclic) bond motifs is 1. The molecule has 1 heterocycles. The summed E-state index contributed by atoms with van der Waals surface area (Å²) in [6, 6.07) is 5.54. The van der Waals surface area contributed by atoms with Gasteiger partial charge in [-0.2, -0.15) is 0 Å². The maximum absolute atomic E-state index is 12.2. The Morgan fingerprint density at radius 2 is 2.04 bits per heavy atom. The molecule has 0 spiro atoms. The van der Waals surface area contributed by atoms with Crippen molar-refractivity contribution in [2.45, 2.75) is 39.2 Å². The first-order valence-corrected chi connectivity index (χ1v) is 7.73. The lowest BCUT2D eigenvalue weighted by atomic mass is 9.99. The van der Waals surface area contributed by atoms with Crippen molar-refractivity contribution in [2.75, 3.05) is 30.5 Å². The molecule has 1 N–H and O–H groups in total. The van der Waals surface area contributed by atoms with Gasteiger partial charge in [0.05, 0.1) is 0 Å². The number of methoxy groups -OCH3 is 1. The summed E-state index contributed by atoms with van der Waals surface area (Å²) in [5.41, 5.74) is 1.91. The fourth-order valence-corrected chi connectivity index (χ4v) is 2.62. The van der Waals surface area contributed by atoms with Crippen LogP contribution in [0.15, 0.2) is 18.2 Å². The van der Waals surface area contributed by atoms with Crippen molar-refractivity contribution >= 4 is 23.4 Å². The third-order valence-corrected chi connectivity index (χ3v) is 3.46. The highest BCUT2D eigenvalue weighted by atomic mass is 16.6. The average molecular weight is 320 g/mol. The van der Waals surface area contributed by atoms with E-state index in [9.17, 15) is 9.59 Å². The first-order valence-electron chi connectivity index (χ1n) is 7.73. The van der Waals surface area contributed by atoms with Crippen molar-refractivity contribution in [1.82, 2.24) is 0 Å². The first-order chi connectivity index (χ1) is 10.8. The number of benzene rings is 1. The highest BCUT2D eigenvalue weighted by Crippen LogP contribution is 2.33. The lowest BCUT2D eigenvalue weighted by molar-refractivity contribution is -0.122. The number of nitrogens with one attached hydrogen (secondary N) is 1. The zero-order valence-corrected chi connectivity index (χ0v) is 14.1. The van der Waals surface area contributed by atoms with Crippen LogP contribution in [0.3, 0.4) is 0 Å². The van der Waals surface area contributed by atoms with Gasteiger partial charge in [-0.3, -0.25) is 10.1 Å². The van der Waals surface area contributed by atoms with Crippen molar-refractivity contribution in [3.63, 3.8) is 0 Å². The second-order valence-electron chi connectivity index (χ2n) is 6.51. The smallest absolute Gasteiger partial charge is 0.412 e. The fourth-order valence-electron chi connectivity index (χ4n) is 2.62. The van der Waals surface area contributed by atoms with E-state index in [-0.39, 0.29) is 12.5 Å². The monoisotopic (exact) mass is 320 g/mol. The van der Waals surface area contributed by atoms with Crippen LogP contribution in [-0.2, 0) is 20.7 Å². The molecule has 0 aliphatic carbocycles. The number of carbonyl (C=O) groups excluding carboxylic acids is 2. The summed E-state index contributed by atoms with van der Waals surface area (Å²) < 4.78 is 10.2. The molecule has 23 heavy (non-hydrogen) atoms. The molecule has 0 saturated carbocycles. The lowest BCUT2D eigenvalue weighted by Crippen LogP contribution is -2.38. The molecule has 2 rings (SSSR count). The topological polar surface area (TPSA) is 67.9 Å². The van der Waals surface area contributed by atoms with Gasteiger partial charge in [0.2, 0.25) is 0 Å². The Morgan fingerprint density at radius 3 is 2.70 bits per heavy atom. The molecule has 0 aromatic heterocycles. The van der Waals surface area contributed by atoms with E-state index in [2.05, 4.69) is 5.32 Å². The summed E-state index contributed by atoms with van der Waals surface area (Å²) in [4.78, 5) is 25.9. The highest BCUT2D eigenvalue weighted by Gasteiger charge is 2.25. The van der Waals surface area contributed by atoms with Gasteiger partial charge in [-0.05, 0) is 51.3 Å². The van der Waals surface area contributed by atoms with E-state index in [1.807, 2.05) is 39.0 Å². The Bertz CT molecular complexity index is 593. The van der Waals surface area contributed by atoms with Gasteiger partial charge in [-0.25, -0.2) is 4.79 Å². The van der Waals surface area contributed by atoms with E-state index < -0.39 is 11.7 Å². The molecule has 1 aliphatic rings. The summed E-state index contributed by atoms with van der Waals surface area (Å²) in [6.45, 7) is 6.16. The number of hydrogen-bond donors (Lipinski definition) is 1. The fraction of sp³-hybridized carbons (Fsp3) is 0.529. The zero-order valence-electron chi connectivity index (χ0n) is 14.1. The second kappa shape index (κ2) is 7.00. The van der Waals surface area contributed by atoms with Gasteiger partial charge in [0.15, 0.2) is 0 Å². The molecule has 6 nitrogen and oxygen atoms in total. The van der Waals surface area contributed by atoms with E-state index in [4.69, 9.17) is 9.47 Å². The Balaban J connectivity index is 2.23. The minimum atomic E-state index is -0.556. The third kappa shape index (κ3) is 4.45. The molecule has 126 valence electrons. The van der Waals surface area contributed by atoms with Gasteiger partial charge in [-0.1, -0.05) is 6.07 Å². The van der Waals surface area contributed by atoms with E-state index in [0.29, 0.717) is 12.2 Å². The molecule has 6 heteroatoms. The summed E-state index contributed by atoms with van der Waals surface area (Å²) in [5, 5.41) is 2.79. The summed E-state index contributed by atoms with van der Waals surface area (Å²) in [7, 11) is 1.50. The van der Waals surface area contributed by atoms with Crippen LogP contribution >= 0.6 is 0 Å². The van der Waals surface area contributed by atoms with Crippen LogP contribution < -0.4 is 10.2 Å². The lowest BCUT2D eigenvalue weighted by Gasteiger charge is -2.31. The first kappa shape index (κ1) is 17.3. The standard InChI is InChI=1S/C17H24N2O4/c1-17(2,3)23-16(21)18-13-8-5-9-14-12(13)7-6-10-19(14)15(20)11-22-4/h5,8-9H,6-7,10-11H2,1-4H3,(H,18,21). The predicted molar refractivity (Wildman–Crippen MR) is 88.8 cm³/mol. The zero-order chi connectivity index (χ0) is 17.0. The highest BCUT2D eigenvalue weighted by molar-refractivity contribution is 5.97. The largest absolute Gasteiger partial charge is 0.444 e. The van der Waals surface area contributed by atoms with Crippen molar-refractivity contribution < 1.29 is 19.1 Å². The van der Waals surface area contributed by atoms with Crippen LogP contribution in [-0.4, -0.2) is 37.9 Å². The van der Waals surface area contributed by atoms with Gasteiger partial charge in [0, 0.05) is 25.0 Å². The van der Waals surface area contributed by atoms with E-state index in [0.717, 1.165) is 24.1 Å². The number of amides is 2. The van der Waals surface area contributed by atoms with E-state index >= 15 is 0 Å². The third-order valence-electron chi connectivity index (χ3n) is 3.46. The molecule has 0 unspecified atom stereocenters. The Kier molecular flexibility index (Phi) is 5.26. The van der Waals surface area contributed by atoms with Crippen molar-refractivity contribution in [3.05, 3.63) is 23.8 Å². The molecule has 0 atom stereocenters. The molecular weight excluding hydrogens is 296 g/mol. The van der Waals surface area contributed by atoms with Gasteiger partial charge in [0.1, 0.15) is 12.2 Å². The number of rotatable bonds is 3. The Hall–Kier alpha value is -2.08. The Labute approximate surface area is 136 Å². The van der Waals surface area contributed by atoms with Crippen LogP contribution in [0.25, 0.3) is 0 Å². The van der Waals surface area contributed by atoms with Crippen molar-refractivity contribution in [2.24, 2.45) is 0 Å². The quantitative estimate of drug-likeness (QED) is 0.930. The van der Waals surface area contributed by atoms with E-state index in [1.165, 1.54) is 7.11 Å². The molecule has 0 radical (unpaired) electrons. The van der Waals surface area contributed by atoms with Crippen molar-refractivity contribution in [3.8, 4) is 0 Å². The SMILES string of the molecule is COCC(=O)N1CCCc2c(NC(=O)OC(C)(C)C)cccc21. The van der Waals surface area contributed by atoms with Crippen molar-refractivity contribution in [1.29, 1.82) is 0 Å². The molecular formula is C17H24N2O4. The molecule has 0 saturated heterocycles. The van der Waals surface area contributed by atoms with Gasteiger partial charge in [-0.15, -0.1) is 0 Å². The summed E-state index contributed by atoms with van der Waals surface area (Å²) in [5.74, 6) is -0.0807. The molecule has 0 bridgehead atoms. The molecule has 1 aliphatic heterocycles. The number of carbonyl (C=O) groups is 2. The number of nitrogens with zero attached hydrogens (tertiary/aromatic N) is 1. The number of hydrogen-bond acceptors (Lipinski definition) is 4. The van der Waals surface area contributed by atoms with Crippen LogP contribution in [0.5, 0.6) is 0 Å². The number of ether oxygens (including phenoxy) is 2. The average Bonchev–Trinajstić information content (AvgIpc) is 2.45. The minimum Gasteiger partial charge on any atom is -0.444 e. The molecule has 1 aromatic rings. The van der Waals surface area contributed by atoms with E-state index in [1.54, 1.807) is 4.90 Å². The predicted octanol–water partition coefficient (Wildman–Crippen LogP) is 2.96. The normalized spacial score (nSPS) is 14.2. The summed E-state index contributed by atoms with van der Waals surface area (Å²) >= 11 is 0. The van der Waals surface area contributed by atoms with Crippen LogP contribution in [0.4, 0.5) is 16.2 Å². The maximum atomic E-state index is 12.2. The number of anilines is 2.